The van der Waals surface area contributed by atoms with E-state index in [0.29, 0.717) is 42.3 Å². The lowest BCUT2D eigenvalue weighted by molar-refractivity contribution is 0.129. The lowest BCUT2D eigenvalue weighted by Crippen LogP contribution is -2.41. The van der Waals surface area contributed by atoms with Crippen LogP contribution in [0.1, 0.15) is 5.56 Å². The zero-order valence-electron chi connectivity index (χ0n) is 18.5. The van der Waals surface area contributed by atoms with Gasteiger partial charge in [0.2, 0.25) is 0 Å². The van der Waals surface area contributed by atoms with Gasteiger partial charge in [0, 0.05) is 36.6 Å². The van der Waals surface area contributed by atoms with Gasteiger partial charge in [0.05, 0.1) is 36.5 Å². The van der Waals surface area contributed by atoms with Crippen LogP contribution >= 0.6 is 0 Å². The molecule has 4 heterocycles. The van der Waals surface area contributed by atoms with Gasteiger partial charge in [0.1, 0.15) is 17.7 Å². The Morgan fingerprint density at radius 2 is 2.00 bits per heavy atom. The summed E-state index contributed by atoms with van der Waals surface area (Å²) in [5.74, 6) is 0.423. The molecule has 0 radical (unpaired) electrons. The summed E-state index contributed by atoms with van der Waals surface area (Å²) in [5.41, 5.74) is 2.20. The van der Waals surface area contributed by atoms with Crippen molar-refractivity contribution in [1.29, 1.82) is 0 Å². The molecule has 2 aromatic heterocycles. The summed E-state index contributed by atoms with van der Waals surface area (Å²) in [6, 6.07) is 6.44. The topological polar surface area (TPSA) is 111 Å². The van der Waals surface area contributed by atoms with Gasteiger partial charge in [-0.15, -0.1) is 5.10 Å². The van der Waals surface area contributed by atoms with E-state index in [-0.39, 0.29) is 18.1 Å². The van der Waals surface area contributed by atoms with Gasteiger partial charge in [-0.3, -0.25) is 4.90 Å². The van der Waals surface area contributed by atoms with Gasteiger partial charge in [-0.2, -0.15) is 0 Å². The van der Waals surface area contributed by atoms with E-state index in [1.807, 2.05) is 17.9 Å². The molecule has 12 heteroatoms. The molecule has 1 atom stereocenters. The molecule has 0 saturated carbocycles. The zero-order valence-corrected chi connectivity index (χ0v) is 19.3. The number of sulfone groups is 1. The van der Waals surface area contributed by atoms with Crippen molar-refractivity contribution < 1.29 is 22.3 Å². The Morgan fingerprint density at radius 3 is 2.68 bits per heavy atom. The van der Waals surface area contributed by atoms with Crippen molar-refractivity contribution in [3.8, 4) is 11.1 Å². The number of hydrogen-bond acceptors (Lipinski definition) is 8. The Hall–Kier alpha value is -3.54. The third kappa shape index (κ3) is 4.45. The van der Waals surface area contributed by atoms with Crippen LogP contribution in [0.4, 0.5) is 20.7 Å². The molecule has 5 rings (SSSR count). The summed E-state index contributed by atoms with van der Waals surface area (Å²) in [5, 5.41) is 7.60. The Labute approximate surface area is 195 Å². The maximum absolute atomic E-state index is 15.1. The van der Waals surface area contributed by atoms with Crippen molar-refractivity contribution in [3.05, 3.63) is 54.2 Å². The van der Waals surface area contributed by atoms with Crippen LogP contribution in [0.5, 0.6) is 0 Å². The van der Waals surface area contributed by atoms with Crippen molar-refractivity contribution in [2.45, 2.75) is 19.6 Å². The quantitative estimate of drug-likeness (QED) is 0.539. The first-order valence-electron chi connectivity index (χ1n) is 10.8. The summed E-state index contributed by atoms with van der Waals surface area (Å²) >= 11 is 0. The summed E-state index contributed by atoms with van der Waals surface area (Å²) < 4.78 is 45.4. The lowest BCUT2D eigenvalue weighted by atomic mass is 10.0. The molecular weight excluding hydrogens is 463 g/mol. The summed E-state index contributed by atoms with van der Waals surface area (Å²) in [4.78, 5) is 20.2. The zero-order chi connectivity index (χ0) is 23.9. The fourth-order valence-electron chi connectivity index (χ4n) is 4.24. The van der Waals surface area contributed by atoms with Crippen LogP contribution in [-0.2, 0) is 21.1 Å². The largest absolute Gasteiger partial charge is 0.442 e. The number of aryl methyl sites for hydroxylation is 1. The predicted molar refractivity (Wildman–Crippen MR) is 123 cm³/mol. The predicted octanol–water partition coefficient (Wildman–Crippen LogP) is 2.05. The van der Waals surface area contributed by atoms with Gasteiger partial charge < -0.3 is 9.64 Å². The number of benzene rings is 1. The van der Waals surface area contributed by atoms with Crippen molar-refractivity contribution in [3.63, 3.8) is 0 Å². The van der Waals surface area contributed by atoms with E-state index in [1.54, 1.807) is 35.4 Å². The number of aromatic nitrogens is 4. The van der Waals surface area contributed by atoms with E-state index in [9.17, 15) is 13.2 Å². The first-order chi connectivity index (χ1) is 16.3. The molecule has 2 saturated heterocycles. The molecular formula is C22H23FN6O4S. The highest BCUT2D eigenvalue weighted by molar-refractivity contribution is 7.91. The number of amides is 1. The van der Waals surface area contributed by atoms with E-state index < -0.39 is 27.9 Å². The summed E-state index contributed by atoms with van der Waals surface area (Å²) in [6.07, 6.45) is 3.85. The Morgan fingerprint density at radius 1 is 1.21 bits per heavy atom. The number of carbonyl (C=O) groups is 1. The molecule has 2 aliphatic heterocycles. The van der Waals surface area contributed by atoms with E-state index in [4.69, 9.17) is 4.74 Å². The normalized spacial score (nSPS) is 19.9. The lowest BCUT2D eigenvalue weighted by Gasteiger charge is -2.29. The van der Waals surface area contributed by atoms with Crippen LogP contribution in [0.15, 0.2) is 42.9 Å². The third-order valence-corrected chi connectivity index (χ3v) is 7.62. The van der Waals surface area contributed by atoms with Gasteiger partial charge in [0.25, 0.3) is 0 Å². The molecule has 0 bridgehead atoms. The van der Waals surface area contributed by atoms with E-state index in [0.717, 1.165) is 5.56 Å². The minimum atomic E-state index is -2.99. The maximum Gasteiger partial charge on any atom is 0.414 e. The Kier molecular flexibility index (Phi) is 5.68. The van der Waals surface area contributed by atoms with Crippen molar-refractivity contribution in [1.82, 2.24) is 20.0 Å². The average molecular weight is 487 g/mol. The average Bonchev–Trinajstić information content (AvgIpc) is 3.43. The minimum Gasteiger partial charge on any atom is -0.442 e. The molecule has 0 N–H and O–H groups in total. The molecule has 3 aromatic rings. The smallest absolute Gasteiger partial charge is 0.414 e. The van der Waals surface area contributed by atoms with E-state index in [2.05, 4.69) is 15.3 Å². The van der Waals surface area contributed by atoms with Gasteiger partial charge in [-0.05, 0) is 36.8 Å². The number of pyridine rings is 1. The number of nitrogens with zero attached hydrogens (tertiary/aromatic N) is 6. The number of hydrogen-bond donors (Lipinski definition) is 0. The number of carbonyl (C=O) groups excluding carboxylic acids is 1. The molecule has 1 aromatic carbocycles. The van der Waals surface area contributed by atoms with Gasteiger partial charge in [0.15, 0.2) is 9.84 Å². The number of anilines is 2. The maximum atomic E-state index is 15.1. The highest BCUT2D eigenvalue weighted by Gasteiger charge is 2.33. The second-order valence-corrected chi connectivity index (χ2v) is 10.7. The highest BCUT2D eigenvalue weighted by Crippen LogP contribution is 2.31. The monoisotopic (exact) mass is 486 g/mol. The SMILES string of the molecule is Cc1cc(-c2ccc(N3C[C@H](Cn4ccnn4)OC3=O)cc2F)cnc1N1CCS(=O)(=O)CC1. The molecule has 0 aliphatic carbocycles. The third-order valence-electron chi connectivity index (χ3n) is 6.01. The molecule has 2 aliphatic rings. The summed E-state index contributed by atoms with van der Waals surface area (Å²) in [7, 11) is -2.99. The van der Waals surface area contributed by atoms with Crippen LogP contribution in [-0.4, -0.2) is 71.7 Å². The number of ether oxygens (including phenoxy) is 1. The van der Waals surface area contributed by atoms with Crippen molar-refractivity contribution in [2.24, 2.45) is 0 Å². The molecule has 34 heavy (non-hydrogen) atoms. The molecule has 1 amide bonds. The molecule has 0 spiro atoms. The number of cyclic esters (lactones) is 1. The van der Waals surface area contributed by atoms with E-state index in [1.165, 1.54) is 11.0 Å². The van der Waals surface area contributed by atoms with Crippen LogP contribution < -0.4 is 9.80 Å². The first-order valence-corrected chi connectivity index (χ1v) is 12.7. The van der Waals surface area contributed by atoms with Gasteiger partial charge in [-0.25, -0.2) is 27.3 Å². The second kappa shape index (κ2) is 8.67. The fraction of sp³-hybridized carbons (Fsp3) is 0.364. The molecule has 2 fully saturated rings. The first kappa shape index (κ1) is 22.3. The Balaban J connectivity index is 1.32. The Bertz CT molecular complexity index is 1320. The highest BCUT2D eigenvalue weighted by atomic mass is 32.2. The molecule has 10 nitrogen and oxygen atoms in total. The van der Waals surface area contributed by atoms with Crippen molar-refractivity contribution >= 4 is 27.4 Å². The minimum absolute atomic E-state index is 0.102. The van der Waals surface area contributed by atoms with Crippen LogP contribution in [0, 0.1) is 12.7 Å². The molecule has 0 unspecified atom stereocenters. The van der Waals surface area contributed by atoms with Crippen molar-refractivity contribution in [2.75, 3.05) is 40.9 Å². The standard InChI is InChI=1S/C22H23FN6O4S/c1-15-10-16(12-24-21(15)27-6-8-34(31,32)9-7-27)19-3-2-17(11-20(19)23)29-14-18(33-22(29)30)13-28-5-4-25-26-28/h2-5,10-12,18H,6-9,13-14H2,1H3/t18-/m0/s1. The summed E-state index contributed by atoms with van der Waals surface area (Å²) in [6.45, 7) is 3.29. The number of rotatable bonds is 5. The second-order valence-electron chi connectivity index (χ2n) is 8.41. The number of halogens is 1. The van der Waals surface area contributed by atoms with Crippen LogP contribution in [0.3, 0.4) is 0 Å². The van der Waals surface area contributed by atoms with Gasteiger partial charge >= 0.3 is 6.09 Å². The van der Waals surface area contributed by atoms with Crippen LogP contribution in [0.25, 0.3) is 11.1 Å². The fourth-order valence-corrected chi connectivity index (χ4v) is 5.44. The van der Waals surface area contributed by atoms with E-state index >= 15 is 4.39 Å². The molecule has 178 valence electrons. The van der Waals surface area contributed by atoms with Gasteiger partial charge in [-0.1, -0.05) is 5.21 Å². The van der Waals surface area contributed by atoms with Crippen LogP contribution in [0.2, 0.25) is 0 Å².